The molecule has 1 saturated heterocycles. The summed E-state index contributed by atoms with van der Waals surface area (Å²) < 4.78 is 44.8. The third-order valence-corrected chi connectivity index (χ3v) is 9.12. The summed E-state index contributed by atoms with van der Waals surface area (Å²) in [5, 5.41) is 1.56. The van der Waals surface area contributed by atoms with Crippen molar-refractivity contribution in [3.05, 3.63) is 51.0 Å². The van der Waals surface area contributed by atoms with Crippen LogP contribution in [-0.2, 0) is 16.7 Å². The zero-order valence-corrected chi connectivity index (χ0v) is 21.6. The lowest BCUT2D eigenvalue weighted by molar-refractivity contribution is -0.710. The van der Waals surface area contributed by atoms with E-state index in [2.05, 4.69) is 49.6 Å². The fourth-order valence-corrected chi connectivity index (χ4v) is 6.64. The van der Waals surface area contributed by atoms with Crippen molar-refractivity contribution in [3.63, 3.8) is 0 Å². The fraction of sp³-hybridized carbons (Fsp3) is 0.455. The SMILES string of the molecule is Cc1cc(S(=O)(=O)Nc2cscn2)c(F)cc1N(C)[C@H]1CCN(C[n+]2csc(C(C)C)c2)C1. The van der Waals surface area contributed by atoms with E-state index in [1.165, 1.54) is 33.9 Å². The number of likely N-dealkylation sites (N-methyl/N-ethyl adjacent to an activating group) is 1. The highest BCUT2D eigenvalue weighted by Crippen LogP contribution is 2.30. The lowest BCUT2D eigenvalue weighted by atomic mass is 10.1. The molecule has 1 fully saturated rings. The molecule has 3 aromatic rings. The number of nitrogens with zero attached hydrogens (tertiary/aromatic N) is 4. The van der Waals surface area contributed by atoms with Gasteiger partial charge in [-0.05, 0) is 37.0 Å². The van der Waals surface area contributed by atoms with E-state index in [1.807, 2.05) is 14.0 Å². The van der Waals surface area contributed by atoms with Gasteiger partial charge >= 0.3 is 0 Å². The lowest BCUT2D eigenvalue weighted by Gasteiger charge is -2.28. The number of rotatable bonds is 8. The molecule has 4 rings (SSSR count). The third kappa shape index (κ3) is 5.37. The molecule has 0 saturated carbocycles. The molecule has 1 aliphatic rings. The Hall–Kier alpha value is -2.08. The zero-order valence-electron chi connectivity index (χ0n) is 19.2. The average molecular weight is 511 g/mol. The highest BCUT2D eigenvalue weighted by Gasteiger charge is 2.30. The molecule has 0 spiro atoms. The Labute approximate surface area is 202 Å². The van der Waals surface area contributed by atoms with Crippen LogP contribution in [0.5, 0.6) is 0 Å². The van der Waals surface area contributed by atoms with Crippen molar-refractivity contribution in [3.8, 4) is 0 Å². The second-order valence-corrected chi connectivity index (χ2v) is 12.0. The van der Waals surface area contributed by atoms with Crippen molar-refractivity contribution in [1.82, 2.24) is 9.88 Å². The maximum atomic E-state index is 15.0. The van der Waals surface area contributed by atoms with Gasteiger partial charge < -0.3 is 4.90 Å². The van der Waals surface area contributed by atoms with Crippen LogP contribution >= 0.6 is 22.7 Å². The Kier molecular flexibility index (Phi) is 7.04. The number of likely N-dealkylation sites (tertiary alicyclic amines) is 1. The molecule has 0 radical (unpaired) electrons. The maximum absolute atomic E-state index is 15.0. The van der Waals surface area contributed by atoms with E-state index in [9.17, 15) is 12.8 Å². The molecular weight excluding hydrogens is 481 g/mol. The number of aryl methyl sites for hydroxylation is 1. The Morgan fingerprint density at radius 2 is 2.18 bits per heavy atom. The van der Waals surface area contributed by atoms with Crippen LogP contribution in [0.3, 0.4) is 0 Å². The maximum Gasteiger partial charge on any atom is 0.266 e. The smallest absolute Gasteiger partial charge is 0.266 e. The van der Waals surface area contributed by atoms with E-state index in [4.69, 9.17) is 0 Å². The van der Waals surface area contributed by atoms with Crippen LogP contribution < -0.4 is 14.2 Å². The average Bonchev–Trinajstić information content (AvgIpc) is 3.51. The van der Waals surface area contributed by atoms with E-state index in [0.717, 1.165) is 26.2 Å². The Balaban J connectivity index is 1.46. The van der Waals surface area contributed by atoms with Gasteiger partial charge in [0.2, 0.25) is 12.2 Å². The highest BCUT2D eigenvalue weighted by molar-refractivity contribution is 7.92. The van der Waals surface area contributed by atoms with E-state index >= 15 is 0 Å². The van der Waals surface area contributed by atoms with Crippen LogP contribution in [0.25, 0.3) is 0 Å². The standard InChI is InChI=1S/C22H29FN5O2S3/c1-15(2)20-10-28(14-32-20)13-27-6-5-17(9-27)26(4)19-8-18(23)21(7-16(19)3)33(29,30)25-22-11-31-12-24-22/h7-8,10-12,14-15,17,25H,5-6,9,13H2,1-4H3/q+1/t17-/m0/s1. The summed E-state index contributed by atoms with van der Waals surface area (Å²) >= 11 is 3.04. The van der Waals surface area contributed by atoms with Crippen LogP contribution in [0, 0.1) is 12.7 Å². The monoisotopic (exact) mass is 510 g/mol. The first-order valence-electron chi connectivity index (χ1n) is 10.8. The van der Waals surface area contributed by atoms with Crippen molar-refractivity contribution < 1.29 is 17.4 Å². The molecule has 1 aliphatic heterocycles. The molecule has 2 aromatic heterocycles. The molecule has 33 heavy (non-hydrogen) atoms. The number of sulfonamides is 1. The van der Waals surface area contributed by atoms with Crippen LogP contribution in [0.15, 0.2) is 39.6 Å². The molecule has 11 heteroatoms. The molecule has 0 amide bonds. The van der Waals surface area contributed by atoms with Gasteiger partial charge in [-0.25, -0.2) is 22.7 Å². The van der Waals surface area contributed by atoms with Crippen LogP contribution in [0.4, 0.5) is 15.9 Å². The third-order valence-electron chi connectivity index (χ3n) is 5.94. The summed E-state index contributed by atoms with van der Waals surface area (Å²) in [6, 6.07) is 2.95. The molecule has 7 nitrogen and oxygen atoms in total. The number of hydrogen-bond donors (Lipinski definition) is 1. The number of hydrogen-bond acceptors (Lipinski definition) is 7. The Morgan fingerprint density at radius 3 is 2.85 bits per heavy atom. The minimum atomic E-state index is -4.05. The van der Waals surface area contributed by atoms with Gasteiger partial charge in [0.25, 0.3) is 10.0 Å². The Morgan fingerprint density at radius 1 is 1.39 bits per heavy atom. The summed E-state index contributed by atoms with van der Waals surface area (Å²) in [7, 11) is -2.10. The summed E-state index contributed by atoms with van der Waals surface area (Å²) in [4.78, 5) is 9.38. The normalized spacial score (nSPS) is 17.1. The molecular formula is C22H29FN5O2S3+. The topological polar surface area (TPSA) is 69.4 Å². The molecule has 3 heterocycles. The van der Waals surface area contributed by atoms with Crippen molar-refractivity contribution >= 4 is 44.2 Å². The van der Waals surface area contributed by atoms with Crippen LogP contribution in [-0.4, -0.2) is 44.5 Å². The number of thiazole rings is 2. The van der Waals surface area contributed by atoms with Gasteiger partial charge in [-0.2, -0.15) is 4.57 Å². The van der Waals surface area contributed by atoms with Crippen molar-refractivity contribution in [2.45, 2.75) is 50.7 Å². The Bertz CT molecular complexity index is 1210. The van der Waals surface area contributed by atoms with E-state index in [1.54, 1.807) is 16.7 Å². The second kappa shape index (κ2) is 9.65. The number of aromatic nitrogens is 2. The predicted molar refractivity (Wildman–Crippen MR) is 131 cm³/mol. The van der Waals surface area contributed by atoms with Gasteiger partial charge in [-0.3, -0.25) is 4.72 Å². The molecule has 1 aromatic carbocycles. The largest absolute Gasteiger partial charge is 0.370 e. The van der Waals surface area contributed by atoms with Gasteiger partial charge in [0.05, 0.1) is 10.4 Å². The highest BCUT2D eigenvalue weighted by atomic mass is 32.2. The summed E-state index contributed by atoms with van der Waals surface area (Å²) in [6.07, 6.45) is 3.18. The number of halogens is 1. The molecule has 178 valence electrons. The van der Waals surface area contributed by atoms with Gasteiger partial charge in [-0.15, -0.1) is 11.3 Å². The molecule has 0 unspecified atom stereocenters. The predicted octanol–water partition coefficient (Wildman–Crippen LogP) is 4.03. The number of anilines is 2. The fourth-order valence-electron chi connectivity index (χ4n) is 4.08. The summed E-state index contributed by atoms with van der Waals surface area (Å²) in [5.74, 6) is -0.0570. The lowest BCUT2D eigenvalue weighted by Crippen LogP contribution is -2.43. The second-order valence-electron chi connectivity index (χ2n) is 8.74. The molecule has 1 atom stereocenters. The minimum absolute atomic E-state index is 0.188. The van der Waals surface area contributed by atoms with Crippen LogP contribution in [0.1, 0.15) is 36.6 Å². The van der Waals surface area contributed by atoms with E-state index in [-0.39, 0.29) is 16.8 Å². The van der Waals surface area contributed by atoms with Crippen LogP contribution in [0.2, 0.25) is 0 Å². The molecule has 0 bridgehead atoms. The van der Waals surface area contributed by atoms with Crippen molar-refractivity contribution in [1.29, 1.82) is 0 Å². The molecule has 1 N–H and O–H groups in total. The first kappa shape index (κ1) is 24.1. The molecule has 0 aliphatic carbocycles. The number of benzene rings is 1. The van der Waals surface area contributed by atoms with E-state index < -0.39 is 15.8 Å². The summed E-state index contributed by atoms with van der Waals surface area (Å²) in [6.45, 7) is 8.87. The van der Waals surface area contributed by atoms with Gasteiger partial charge in [0, 0.05) is 37.2 Å². The van der Waals surface area contributed by atoms with E-state index in [0.29, 0.717) is 17.2 Å². The minimum Gasteiger partial charge on any atom is -0.370 e. The quantitative estimate of drug-likeness (QED) is 0.464. The van der Waals surface area contributed by atoms with Crippen molar-refractivity contribution in [2.24, 2.45) is 0 Å². The van der Waals surface area contributed by atoms with Crippen molar-refractivity contribution in [2.75, 3.05) is 29.8 Å². The first-order chi connectivity index (χ1) is 15.6. The zero-order chi connectivity index (χ0) is 23.8. The first-order valence-corrected chi connectivity index (χ1v) is 14.1. The summed E-state index contributed by atoms with van der Waals surface area (Å²) in [5.41, 5.74) is 5.09. The van der Waals surface area contributed by atoms with Gasteiger partial charge in [0.1, 0.15) is 10.7 Å². The van der Waals surface area contributed by atoms with Gasteiger partial charge in [0.15, 0.2) is 12.0 Å². The van der Waals surface area contributed by atoms with Gasteiger partial charge in [-0.1, -0.05) is 25.2 Å². The number of nitrogens with one attached hydrogen (secondary N) is 1.